The molecule has 0 saturated carbocycles. The molecule has 4 N–H and O–H groups in total. The Kier molecular flexibility index (Phi) is 12.5. The summed E-state index contributed by atoms with van der Waals surface area (Å²) in [5, 5.41) is 12.2. The van der Waals surface area contributed by atoms with Gasteiger partial charge in [0.15, 0.2) is 5.82 Å². The molecule has 10 nitrogen and oxygen atoms in total. The van der Waals surface area contributed by atoms with Gasteiger partial charge in [-0.1, -0.05) is 41.8 Å². The Morgan fingerprint density at radius 2 is 1.91 bits per heavy atom. The van der Waals surface area contributed by atoms with Crippen molar-refractivity contribution in [2.75, 3.05) is 28.2 Å². The van der Waals surface area contributed by atoms with Crippen LogP contribution >= 0.6 is 24.2 Å². The van der Waals surface area contributed by atoms with E-state index in [-0.39, 0.29) is 12.0 Å². The first-order valence-corrected chi connectivity index (χ1v) is 15.1. The predicted molar refractivity (Wildman–Crippen MR) is 173 cm³/mol. The van der Waals surface area contributed by atoms with Crippen LogP contribution in [0.5, 0.6) is 0 Å². The first-order valence-electron chi connectivity index (χ1n) is 14.1. The first kappa shape index (κ1) is 31.7. The van der Waals surface area contributed by atoms with Crippen molar-refractivity contribution < 1.29 is 14.3 Å². The van der Waals surface area contributed by atoms with Crippen LogP contribution in [0.4, 0.5) is 33.6 Å². The maximum Gasteiger partial charge on any atom is 0.407 e. The number of ether oxygens (including phenoxy) is 1. The highest BCUT2D eigenvalue weighted by Gasteiger charge is 2.14. The van der Waals surface area contributed by atoms with E-state index in [2.05, 4.69) is 72.8 Å². The Hall–Kier alpha value is -4.27. The van der Waals surface area contributed by atoms with Gasteiger partial charge in [0.1, 0.15) is 16.8 Å². The van der Waals surface area contributed by atoms with Crippen molar-refractivity contribution in [2.24, 2.45) is 0 Å². The molecule has 0 unspecified atom stereocenters. The monoisotopic (exact) mass is 619 g/mol. The average Bonchev–Trinajstić information content (AvgIpc) is 2.97. The summed E-state index contributed by atoms with van der Waals surface area (Å²) < 4.78 is 5.55. The smallest absolute Gasteiger partial charge is 0.407 e. The molecule has 3 aromatic rings. The van der Waals surface area contributed by atoms with Crippen molar-refractivity contribution >= 4 is 65.1 Å². The van der Waals surface area contributed by atoms with Gasteiger partial charge in [-0.2, -0.15) is 17.6 Å². The lowest BCUT2D eigenvalue weighted by Crippen LogP contribution is -2.29. The number of anilines is 5. The van der Waals surface area contributed by atoms with E-state index in [1.807, 2.05) is 18.2 Å². The number of nitrogens with zero attached hydrogens (tertiary/aromatic N) is 3. The molecule has 12 heteroatoms. The van der Waals surface area contributed by atoms with Crippen molar-refractivity contribution in [3.63, 3.8) is 0 Å². The number of hydrogen-bond donors (Lipinski definition) is 5. The van der Waals surface area contributed by atoms with Gasteiger partial charge in [-0.25, -0.2) is 14.8 Å². The third kappa shape index (κ3) is 10.8. The predicted octanol–water partition coefficient (Wildman–Crippen LogP) is 6.63. The topological polar surface area (TPSA) is 130 Å². The molecule has 0 spiro atoms. The van der Waals surface area contributed by atoms with E-state index in [0.717, 1.165) is 32.1 Å². The van der Waals surface area contributed by atoms with Crippen LogP contribution in [0.2, 0.25) is 5.02 Å². The number of benzene rings is 1. The lowest BCUT2D eigenvalue weighted by Gasteiger charge is -2.18. The fourth-order valence-corrected chi connectivity index (χ4v) is 4.52. The van der Waals surface area contributed by atoms with Crippen molar-refractivity contribution in [3.8, 4) is 11.8 Å². The molecule has 0 fully saturated rings. The van der Waals surface area contributed by atoms with Crippen molar-refractivity contribution in [3.05, 3.63) is 71.7 Å². The van der Waals surface area contributed by atoms with Gasteiger partial charge in [0.25, 0.3) is 0 Å². The third-order valence-corrected chi connectivity index (χ3v) is 6.78. The molecule has 1 aliphatic carbocycles. The van der Waals surface area contributed by atoms with Crippen LogP contribution in [-0.2, 0) is 9.53 Å². The lowest BCUT2D eigenvalue weighted by atomic mass is 10.0. The van der Waals surface area contributed by atoms with E-state index in [9.17, 15) is 9.59 Å². The van der Waals surface area contributed by atoms with Gasteiger partial charge in [-0.15, -0.1) is 0 Å². The summed E-state index contributed by atoms with van der Waals surface area (Å²) in [4.78, 5) is 37.3. The second-order valence-electron chi connectivity index (χ2n) is 9.62. The van der Waals surface area contributed by atoms with E-state index in [4.69, 9.17) is 16.3 Å². The molecule has 2 amide bonds. The van der Waals surface area contributed by atoms with Gasteiger partial charge in [0.2, 0.25) is 11.9 Å². The van der Waals surface area contributed by atoms with Gasteiger partial charge in [-0.3, -0.25) is 4.79 Å². The van der Waals surface area contributed by atoms with E-state index in [1.165, 1.54) is 6.20 Å². The van der Waals surface area contributed by atoms with Crippen molar-refractivity contribution in [2.45, 2.75) is 51.0 Å². The number of alkyl carbamates (subject to hydrolysis) is 1. The molecule has 0 radical (unpaired) electrons. The standard InChI is InChI=1S/C31H34ClN7O3S/c32-25-21-35-30(39-29(25)38-27-14-7-6-13-26(27)37-28(40)16-19-43)36-23-15-18-33-22(20-23)10-8-9-17-34-31(41)42-24-11-4-2-1-3-5-12-24/h1-2,6-7,13-15,18,20-21,24,43H,3-5,9,11-12,16-17,19H2,(H,34,41)(H,37,40)(H2,33,35,36,38,39)/b2-1-/t24-/m0/s1. The van der Waals surface area contributed by atoms with Crippen LogP contribution in [0.3, 0.4) is 0 Å². The number of allylic oxidation sites excluding steroid dienone is 2. The first-order chi connectivity index (χ1) is 21.0. The fraction of sp³-hybridized carbons (Fsp3) is 0.323. The van der Waals surface area contributed by atoms with Gasteiger partial charge in [0.05, 0.1) is 17.6 Å². The molecule has 0 aliphatic heterocycles. The minimum absolute atomic E-state index is 0.0431. The van der Waals surface area contributed by atoms with Gasteiger partial charge < -0.3 is 26.0 Å². The lowest BCUT2D eigenvalue weighted by molar-refractivity contribution is -0.115. The van der Waals surface area contributed by atoms with E-state index < -0.39 is 6.09 Å². The third-order valence-electron chi connectivity index (χ3n) is 6.28. The van der Waals surface area contributed by atoms with Gasteiger partial charge in [0, 0.05) is 31.3 Å². The van der Waals surface area contributed by atoms with Gasteiger partial charge in [-0.05, 0) is 68.0 Å². The molecule has 1 aromatic carbocycles. The quantitative estimate of drug-likeness (QED) is 0.0740. The summed E-state index contributed by atoms with van der Waals surface area (Å²) in [6.07, 6.45) is 12.5. The second kappa shape index (κ2) is 17.0. The number of para-hydroxylation sites is 2. The normalized spacial score (nSPS) is 15.1. The number of carbonyl (C=O) groups is 2. The van der Waals surface area contributed by atoms with Crippen LogP contribution in [-0.4, -0.2) is 45.4 Å². The minimum Gasteiger partial charge on any atom is -0.446 e. The molecule has 0 bridgehead atoms. The molecule has 224 valence electrons. The number of thiol groups is 1. The highest BCUT2D eigenvalue weighted by molar-refractivity contribution is 7.80. The Morgan fingerprint density at radius 1 is 1.07 bits per heavy atom. The van der Waals surface area contributed by atoms with Crippen molar-refractivity contribution in [1.29, 1.82) is 0 Å². The molecule has 1 atom stereocenters. The van der Waals surface area contributed by atoms with E-state index >= 15 is 0 Å². The summed E-state index contributed by atoms with van der Waals surface area (Å²) in [6.45, 7) is 0.382. The Morgan fingerprint density at radius 3 is 2.77 bits per heavy atom. The second-order valence-corrected chi connectivity index (χ2v) is 10.5. The molecule has 4 rings (SSSR count). The number of aromatic nitrogens is 3. The van der Waals surface area contributed by atoms with Crippen LogP contribution < -0.4 is 21.3 Å². The molecule has 43 heavy (non-hydrogen) atoms. The molecule has 1 aliphatic rings. The number of carbonyl (C=O) groups excluding carboxylic acids is 2. The summed E-state index contributed by atoms with van der Waals surface area (Å²) in [6, 6.07) is 10.8. The fourth-order valence-electron chi connectivity index (χ4n) is 4.18. The van der Waals surface area contributed by atoms with Crippen LogP contribution in [0, 0.1) is 11.8 Å². The SMILES string of the molecule is O=C(CCS)Nc1ccccc1Nc1nc(Nc2ccnc(C#CCCNC(=O)O[C@H]3CC/C=C\CCC3)c2)ncc1Cl. The molecular weight excluding hydrogens is 586 g/mol. The average molecular weight is 620 g/mol. The van der Waals surface area contributed by atoms with Gasteiger partial charge >= 0.3 is 6.09 Å². The van der Waals surface area contributed by atoms with E-state index in [1.54, 1.807) is 24.4 Å². The summed E-state index contributed by atoms with van der Waals surface area (Å²) >= 11 is 10.5. The molecule has 0 saturated heterocycles. The Bertz CT molecular complexity index is 1490. The highest BCUT2D eigenvalue weighted by Crippen LogP contribution is 2.29. The Balaban J connectivity index is 1.31. The van der Waals surface area contributed by atoms with Crippen LogP contribution in [0.25, 0.3) is 0 Å². The maximum absolute atomic E-state index is 12.1. The van der Waals surface area contributed by atoms with E-state index in [0.29, 0.717) is 64.7 Å². The van der Waals surface area contributed by atoms with Crippen LogP contribution in [0.1, 0.15) is 50.6 Å². The number of rotatable bonds is 10. The minimum atomic E-state index is -0.403. The number of hydrogen-bond acceptors (Lipinski definition) is 9. The zero-order chi connectivity index (χ0) is 30.3. The number of halogens is 1. The zero-order valence-corrected chi connectivity index (χ0v) is 25.3. The largest absolute Gasteiger partial charge is 0.446 e. The summed E-state index contributed by atoms with van der Waals surface area (Å²) in [5.74, 6) is 7.01. The maximum atomic E-state index is 12.1. The molecule has 2 aromatic heterocycles. The summed E-state index contributed by atoms with van der Waals surface area (Å²) in [5.41, 5.74) is 2.45. The number of nitrogens with one attached hydrogen (secondary N) is 4. The summed E-state index contributed by atoms with van der Waals surface area (Å²) in [7, 11) is 0. The van der Waals surface area contributed by atoms with Crippen molar-refractivity contribution in [1.82, 2.24) is 20.3 Å². The Labute approximate surface area is 261 Å². The highest BCUT2D eigenvalue weighted by atomic mass is 35.5. The van der Waals surface area contributed by atoms with Crippen LogP contribution in [0.15, 0.2) is 60.9 Å². The number of amides is 2. The molecular formula is C31H34ClN7O3S. The zero-order valence-electron chi connectivity index (χ0n) is 23.6. The molecule has 2 heterocycles. The number of pyridine rings is 1.